The Balaban J connectivity index is 2.04. The molecule has 0 atom stereocenters. The monoisotopic (exact) mass is 262 g/mol. The van der Waals surface area contributed by atoms with E-state index in [0.717, 1.165) is 36.5 Å². The fraction of sp³-hybridized carbons (Fsp3) is 0.211. The third kappa shape index (κ3) is 3.01. The molecule has 0 amide bonds. The highest BCUT2D eigenvalue weighted by molar-refractivity contribution is 5.71. The number of hydrogen-bond donors (Lipinski definition) is 1. The molecule has 100 valence electrons. The van der Waals surface area contributed by atoms with Crippen LogP contribution in [-0.4, -0.2) is 5.11 Å². The Labute approximate surface area is 119 Å². The van der Waals surface area contributed by atoms with Crippen molar-refractivity contribution >= 4 is 11.3 Å². The average Bonchev–Trinajstić information content (AvgIpc) is 2.91. The highest BCUT2D eigenvalue weighted by Crippen LogP contribution is 2.18. The van der Waals surface area contributed by atoms with E-state index in [9.17, 15) is 5.11 Å². The van der Waals surface area contributed by atoms with Crippen molar-refractivity contribution < 1.29 is 5.11 Å². The van der Waals surface area contributed by atoms with Crippen molar-refractivity contribution in [2.75, 3.05) is 0 Å². The van der Waals surface area contributed by atoms with E-state index in [1.807, 2.05) is 6.08 Å². The van der Waals surface area contributed by atoms with Gasteiger partial charge in [-0.2, -0.15) is 0 Å². The molecule has 1 heteroatoms. The smallest absolute Gasteiger partial charge is 0.0931 e. The summed E-state index contributed by atoms with van der Waals surface area (Å²) in [6.45, 7) is 0. The Morgan fingerprint density at radius 3 is 2.35 bits per heavy atom. The normalized spacial score (nSPS) is 17.9. The molecule has 1 aromatic carbocycles. The molecule has 0 heterocycles. The van der Waals surface area contributed by atoms with E-state index in [1.54, 1.807) is 0 Å². The second-order valence-corrected chi connectivity index (χ2v) is 5.24. The molecular formula is C19H18O. The van der Waals surface area contributed by atoms with Crippen LogP contribution in [0.1, 0.15) is 25.7 Å². The zero-order chi connectivity index (χ0) is 13.8. The topological polar surface area (TPSA) is 20.2 Å². The van der Waals surface area contributed by atoms with Gasteiger partial charge in [0.15, 0.2) is 0 Å². The highest BCUT2D eigenvalue weighted by Gasteiger charge is 2.03. The molecule has 0 bridgehead atoms. The molecular weight excluding hydrogens is 244 g/mol. The first kappa shape index (κ1) is 12.8. The van der Waals surface area contributed by atoms with E-state index >= 15 is 0 Å². The summed E-state index contributed by atoms with van der Waals surface area (Å²) >= 11 is 0. The van der Waals surface area contributed by atoms with E-state index in [-0.39, 0.29) is 0 Å². The van der Waals surface area contributed by atoms with Gasteiger partial charge in [0.25, 0.3) is 0 Å². The van der Waals surface area contributed by atoms with Crippen LogP contribution in [-0.2, 0) is 0 Å². The predicted octanol–water partition coefficient (Wildman–Crippen LogP) is 3.29. The van der Waals surface area contributed by atoms with E-state index < -0.39 is 0 Å². The molecule has 0 spiro atoms. The summed E-state index contributed by atoms with van der Waals surface area (Å²) in [5.74, 6) is 0.485. The molecule has 2 aliphatic carbocycles. The summed E-state index contributed by atoms with van der Waals surface area (Å²) in [5.41, 5.74) is 5.75. The zero-order valence-corrected chi connectivity index (χ0v) is 11.5. The molecule has 0 unspecified atom stereocenters. The molecule has 1 N–H and O–H groups in total. The van der Waals surface area contributed by atoms with Crippen molar-refractivity contribution in [3.05, 3.63) is 76.4 Å². The molecule has 3 rings (SSSR count). The summed E-state index contributed by atoms with van der Waals surface area (Å²) in [6, 6.07) is 8.42. The molecule has 0 saturated heterocycles. The van der Waals surface area contributed by atoms with Crippen molar-refractivity contribution in [2.24, 2.45) is 0 Å². The van der Waals surface area contributed by atoms with Crippen LogP contribution >= 0.6 is 0 Å². The second kappa shape index (κ2) is 5.81. The number of allylic oxidation sites excluding steroid dienone is 7. The lowest BCUT2D eigenvalue weighted by Crippen LogP contribution is -2.08. The first-order chi connectivity index (χ1) is 9.81. The Morgan fingerprint density at radius 2 is 1.60 bits per heavy atom. The van der Waals surface area contributed by atoms with Crippen molar-refractivity contribution in [1.29, 1.82) is 0 Å². The molecule has 0 aromatic heterocycles. The molecule has 1 nitrogen and oxygen atoms in total. The molecule has 20 heavy (non-hydrogen) atoms. The number of hydrogen-bond acceptors (Lipinski definition) is 1. The van der Waals surface area contributed by atoms with Crippen molar-refractivity contribution in [3.8, 4) is 0 Å². The molecule has 0 saturated carbocycles. The van der Waals surface area contributed by atoms with Gasteiger partial charge in [0.1, 0.15) is 0 Å². The van der Waals surface area contributed by atoms with Crippen LogP contribution in [0.3, 0.4) is 0 Å². The third-order valence-corrected chi connectivity index (χ3v) is 3.66. The first-order valence-electron chi connectivity index (χ1n) is 7.16. The van der Waals surface area contributed by atoms with Crippen molar-refractivity contribution in [2.45, 2.75) is 25.7 Å². The molecule has 2 aliphatic rings. The van der Waals surface area contributed by atoms with Gasteiger partial charge in [-0.05, 0) is 53.8 Å². The number of benzene rings is 1. The van der Waals surface area contributed by atoms with Gasteiger partial charge in [-0.15, -0.1) is 5.73 Å². The van der Waals surface area contributed by atoms with Crippen LogP contribution in [0.5, 0.6) is 0 Å². The van der Waals surface area contributed by atoms with Gasteiger partial charge in [0.05, 0.1) is 5.76 Å². The molecule has 0 aliphatic heterocycles. The Morgan fingerprint density at radius 1 is 0.900 bits per heavy atom. The minimum absolute atomic E-state index is 0.485. The standard InChI is InChI=1S/C19H18O/c20-19-8-4-1-5-16(14-19)13-15-9-11-18(12-10-15)17-6-2-3-7-17/h2-3,6-7,9-12,14,20H,1,4-5,8H2. The quantitative estimate of drug-likeness (QED) is 0.760. The maximum atomic E-state index is 9.71. The first-order valence-corrected chi connectivity index (χ1v) is 7.16. The summed E-state index contributed by atoms with van der Waals surface area (Å²) in [4.78, 5) is 0. The Bertz CT molecular complexity index is 716. The minimum Gasteiger partial charge on any atom is -0.512 e. The predicted molar refractivity (Wildman–Crippen MR) is 83.5 cm³/mol. The van der Waals surface area contributed by atoms with Gasteiger partial charge in [-0.25, -0.2) is 0 Å². The maximum Gasteiger partial charge on any atom is 0.0931 e. The van der Waals surface area contributed by atoms with Crippen LogP contribution < -0.4 is 10.4 Å². The van der Waals surface area contributed by atoms with Gasteiger partial charge >= 0.3 is 0 Å². The largest absolute Gasteiger partial charge is 0.512 e. The van der Waals surface area contributed by atoms with Gasteiger partial charge in [-0.3, -0.25) is 0 Å². The molecule has 0 radical (unpaired) electrons. The van der Waals surface area contributed by atoms with Crippen LogP contribution in [0, 0.1) is 0 Å². The zero-order valence-electron chi connectivity index (χ0n) is 11.5. The number of aliphatic hydroxyl groups excluding tert-OH is 1. The highest BCUT2D eigenvalue weighted by atomic mass is 16.3. The average molecular weight is 262 g/mol. The van der Waals surface area contributed by atoms with Crippen molar-refractivity contribution in [3.63, 3.8) is 0 Å². The van der Waals surface area contributed by atoms with Gasteiger partial charge in [-0.1, -0.05) is 36.4 Å². The Hall–Kier alpha value is -2.24. The van der Waals surface area contributed by atoms with Gasteiger partial charge in [0.2, 0.25) is 0 Å². The van der Waals surface area contributed by atoms with E-state index in [2.05, 4.69) is 54.3 Å². The SMILES string of the molecule is OC1=CC(=C=c2ccc(=C3C=CC=C3)cc2)CCCC1. The fourth-order valence-corrected chi connectivity index (χ4v) is 2.56. The minimum atomic E-state index is 0.485. The third-order valence-electron chi connectivity index (χ3n) is 3.66. The molecule has 0 fully saturated rings. The summed E-state index contributed by atoms with van der Waals surface area (Å²) in [7, 11) is 0. The van der Waals surface area contributed by atoms with Gasteiger partial charge in [0, 0.05) is 11.6 Å². The summed E-state index contributed by atoms with van der Waals surface area (Å²) in [5, 5.41) is 12.0. The van der Waals surface area contributed by atoms with Crippen LogP contribution in [0.25, 0.3) is 11.3 Å². The lowest BCUT2D eigenvalue weighted by molar-refractivity contribution is 0.385. The lowest BCUT2D eigenvalue weighted by atomic mass is 10.1. The van der Waals surface area contributed by atoms with E-state index in [1.165, 1.54) is 10.8 Å². The van der Waals surface area contributed by atoms with Crippen LogP contribution in [0.4, 0.5) is 0 Å². The second-order valence-electron chi connectivity index (χ2n) is 5.24. The number of rotatable bonds is 0. The van der Waals surface area contributed by atoms with Crippen molar-refractivity contribution in [1.82, 2.24) is 0 Å². The molecule has 1 aromatic rings. The Kier molecular flexibility index (Phi) is 3.71. The fourth-order valence-electron chi connectivity index (χ4n) is 2.56. The van der Waals surface area contributed by atoms with E-state index in [0.29, 0.717) is 5.76 Å². The van der Waals surface area contributed by atoms with Gasteiger partial charge < -0.3 is 5.11 Å². The van der Waals surface area contributed by atoms with Crippen LogP contribution in [0.2, 0.25) is 0 Å². The lowest BCUT2D eigenvalue weighted by Gasteiger charge is -1.94. The summed E-state index contributed by atoms with van der Waals surface area (Å²) < 4.78 is 0. The number of aliphatic hydroxyl groups is 1. The summed E-state index contributed by atoms with van der Waals surface area (Å²) in [6.07, 6.45) is 14.2. The van der Waals surface area contributed by atoms with E-state index in [4.69, 9.17) is 0 Å². The van der Waals surface area contributed by atoms with Crippen LogP contribution in [0.15, 0.2) is 66.0 Å². The maximum absolute atomic E-state index is 9.71.